The minimum absolute atomic E-state index is 0.0532. The molecule has 2 rings (SSSR count). The molecule has 1 aromatic rings. The maximum Gasteiger partial charge on any atom is 0.122 e. The van der Waals surface area contributed by atoms with Crippen LogP contribution in [0.4, 0.5) is 0 Å². The maximum absolute atomic E-state index is 9.16. The third-order valence-corrected chi connectivity index (χ3v) is 3.09. The fourth-order valence-electron chi connectivity index (χ4n) is 2.11. The van der Waals surface area contributed by atoms with Crippen molar-refractivity contribution in [3.8, 4) is 6.07 Å². The summed E-state index contributed by atoms with van der Waals surface area (Å²) in [4.78, 5) is 0. The van der Waals surface area contributed by atoms with E-state index in [1.165, 1.54) is 5.56 Å². The van der Waals surface area contributed by atoms with Crippen LogP contribution < -0.4 is 5.32 Å². The minimum atomic E-state index is -0.199. The first-order valence-electron chi connectivity index (χ1n) is 6.18. The van der Waals surface area contributed by atoms with Gasteiger partial charge in [0, 0.05) is 13.2 Å². The van der Waals surface area contributed by atoms with Gasteiger partial charge in [-0.25, -0.2) is 0 Å². The van der Waals surface area contributed by atoms with Gasteiger partial charge >= 0.3 is 0 Å². The van der Waals surface area contributed by atoms with Gasteiger partial charge in [-0.15, -0.1) is 0 Å². The van der Waals surface area contributed by atoms with Crippen LogP contribution in [0, 0.1) is 11.3 Å². The number of nitrogens with one attached hydrogen (secondary N) is 1. The molecule has 0 spiro atoms. The van der Waals surface area contributed by atoms with Crippen LogP contribution in [0.2, 0.25) is 0 Å². The highest BCUT2D eigenvalue weighted by Gasteiger charge is 2.23. The molecule has 0 unspecified atom stereocenters. The predicted molar refractivity (Wildman–Crippen MR) is 66.3 cm³/mol. The van der Waals surface area contributed by atoms with Gasteiger partial charge < -0.3 is 4.74 Å². The summed E-state index contributed by atoms with van der Waals surface area (Å²) >= 11 is 0. The molecule has 90 valence electrons. The number of benzene rings is 1. The lowest BCUT2D eigenvalue weighted by Crippen LogP contribution is -2.41. The van der Waals surface area contributed by atoms with Crippen LogP contribution in [-0.4, -0.2) is 18.8 Å². The molecule has 0 aliphatic carbocycles. The normalized spacial score (nSPS) is 21.7. The Hall–Kier alpha value is -1.37. The van der Waals surface area contributed by atoms with E-state index in [4.69, 9.17) is 10.00 Å². The van der Waals surface area contributed by atoms with Crippen molar-refractivity contribution in [1.29, 1.82) is 5.26 Å². The summed E-state index contributed by atoms with van der Waals surface area (Å²) in [6.07, 6.45) is 3.32. The average molecular weight is 230 g/mol. The van der Waals surface area contributed by atoms with Crippen LogP contribution >= 0.6 is 0 Å². The summed E-state index contributed by atoms with van der Waals surface area (Å²) in [5.74, 6) is 0. The first-order chi connectivity index (χ1) is 8.40. The fraction of sp³-hybridized carbons (Fsp3) is 0.500. The molecule has 1 saturated heterocycles. The third kappa shape index (κ3) is 3.55. The Morgan fingerprint density at radius 3 is 2.82 bits per heavy atom. The van der Waals surface area contributed by atoms with Gasteiger partial charge in [0.25, 0.3) is 0 Å². The molecule has 2 atom stereocenters. The molecule has 1 aliphatic rings. The van der Waals surface area contributed by atoms with E-state index in [-0.39, 0.29) is 12.1 Å². The number of hydrogen-bond donors (Lipinski definition) is 1. The quantitative estimate of drug-likeness (QED) is 0.862. The third-order valence-electron chi connectivity index (χ3n) is 3.09. The topological polar surface area (TPSA) is 45.0 Å². The predicted octanol–water partition coefficient (Wildman–Crippen LogP) is 2.24. The zero-order valence-corrected chi connectivity index (χ0v) is 9.93. The molecule has 0 aromatic heterocycles. The summed E-state index contributed by atoms with van der Waals surface area (Å²) in [5, 5.41) is 12.4. The van der Waals surface area contributed by atoms with E-state index < -0.39 is 0 Å². The Morgan fingerprint density at radius 1 is 1.35 bits per heavy atom. The highest BCUT2D eigenvalue weighted by atomic mass is 16.5. The van der Waals surface area contributed by atoms with E-state index in [9.17, 15) is 0 Å². The van der Waals surface area contributed by atoms with Crippen LogP contribution in [0.3, 0.4) is 0 Å². The van der Waals surface area contributed by atoms with Gasteiger partial charge in [0.15, 0.2) is 0 Å². The van der Waals surface area contributed by atoms with E-state index in [2.05, 4.69) is 23.5 Å². The molecule has 3 nitrogen and oxygen atoms in total. The summed E-state index contributed by atoms with van der Waals surface area (Å²) in [5.41, 5.74) is 1.20. The molecule has 1 aliphatic heterocycles. The lowest BCUT2D eigenvalue weighted by atomic mass is 10.0. The minimum Gasteiger partial charge on any atom is -0.375 e. The second-order valence-corrected chi connectivity index (χ2v) is 4.38. The highest BCUT2D eigenvalue weighted by Crippen LogP contribution is 2.16. The summed E-state index contributed by atoms with van der Waals surface area (Å²) in [6, 6.07) is 12.2. The first kappa shape index (κ1) is 12.1. The summed E-state index contributed by atoms with van der Waals surface area (Å²) in [6.45, 7) is 1.51. The standard InChI is InChI=1S/C14H18N2O/c15-10-13(14-8-4-5-9-17-14)16-11-12-6-2-1-3-7-12/h1-3,6-7,13-14,16H,4-5,8-9,11H2/t13-,14-/m1/s1. The second-order valence-electron chi connectivity index (χ2n) is 4.38. The molecule has 17 heavy (non-hydrogen) atoms. The molecule has 0 radical (unpaired) electrons. The molecule has 0 saturated carbocycles. The highest BCUT2D eigenvalue weighted by molar-refractivity contribution is 5.15. The van der Waals surface area contributed by atoms with Gasteiger partial charge in [-0.2, -0.15) is 5.26 Å². The average Bonchev–Trinajstić information content (AvgIpc) is 2.42. The zero-order valence-electron chi connectivity index (χ0n) is 9.93. The summed E-state index contributed by atoms with van der Waals surface area (Å²) < 4.78 is 5.63. The number of nitrogens with zero attached hydrogens (tertiary/aromatic N) is 1. The molecular weight excluding hydrogens is 212 g/mol. The molecule has 3 heteroatoms. The number of hydrogen-bond acceptors (Lipinski definition) is 3. The lowest BCUT2D eigenvalue weighted by Gasteiger charge is -2.27. The van der Waals surface area contributed by atoms with Crippen LogP contribution in [0.15, 0.2) is 30.3 Å². The van der Waals surface area contributed by atoms with Crippen molar-refractivity contribution >= 4 is 0 Å². The Balaban J connectivity index is 1.85. The van der Waals surface area contributed by atoms with Gasteiger partial charge in [-0.1, -0.05) is 30.3 Å². The molecule has 1 heterocycles. The lowest BCUT2D eigenvalue weighted by molar-refractivity contribution is 0.00334. The second kappa shape index (κ2) is 6.39. The Morgan fingerprint density at radius 2 is 2.18 bits per heavy atom. The van der Waals surface area contributed by atoms with E-state index in [1.807, 2.05) is 18.2 Å². The van der Waals surface area contributed by atoms with E-state index >= 15 is 0 Å². The Kier molecular flexibility index (Phi) is 4.54. The van der Waals surface area contributed by atoms with Gasteiger partial charge in [0.1, 0.15) is 6.04 Å². The van der Waals surface area contributed by atoms with Crippen molar-refractivity contribution in [2.75, 3.05) is 6.61 Å². The molecule has 1 fully saturated rings. The van der Waals surface area contributed by atoms with Crippen LogP contribution in [0.5, 0.6) is 0 Å². The SMILES string of the molecule is N#C[C@@H](NCc1ccccc1)[C@H]1CCCCO1. The fourth-order valence-corrected chi connectivity index (χ4v) is 2.11. The summed E-state index contributed by atoms with van der Waals surface area (Å²) in [7, 11) is 0. The number of rotatable bonds is 4. The van der Waals surface area contributed by atoms with Crippen LogP contribution in [0.25, 0.3) is 0 Å². The Bertz CT molecular complexity index is 366. The Labute approximate surface area is 102 Å². The smallest absolute Gasteiger partial charge is 0.122 e. The van der Waals surface area contributed by atoms with Crippen molar-refractivity contribution < 1.29 is 4.74 Å². The van der Waals surface area contributed by atoms with E-state index in [0.29, 0.717) is 0 Å². The van der Waals surface area contributed by atoms with Crippen LogP contribution in [0.1, 0.15) is 24.8 Å². The van der Waals surface area contributed by atoms with Crippen molar-refractivity contribution in [1.82, 2.24) is 5.32 Å². The number of ether oxygens (including phenoxy) is 1. The van der Waals surface area contributed by atoms with E-state index in [1.54, 1.807) is 0 Å². The molecular formula is C14H18N2O. The zero-order chi connectivity index (χ0) is 11.9. The van der Waals surface area contributed by atoms with Gasteiger partial charge in [0.2, 0.25) is 0 Å². The van der Waals surface area contributed by atoms with E-state index in [0.717, 1.165) is 32.4 Å². The van der Waals surface area contributed by atoms with Gasteiger partial charge in [-0.05, 0) is 24.8 Å². The molecule has 1 aromatic carbocycles. The van der Waals surface area contributed by atoms with Crippen molar-refractivity contribution in [2.45, 2.75) is 38.0 Å². The largest absolute Gasteiger partial charge is 0.375 e. The first-order valence-corrected chi connectivity index (χ1v) is 6.18. The molecule has 0 bridgehead atoms. The van der Waals surface area contributed by atoms with Crippen molar-refractivity contribution in [3.05, 3.63) is 35.9 Å². The van der Waals surface area contributed by atoms with Crippen LogP contribution in [-0.2, 0) is 11.3 Å². The van der Waals surface area contributed by atoms with Crippen molar-refractivity contribution in [3.63, 3.8) is 0 Å². The maximum atomic E-state index is 9.16. The monoisotopic (exact) mass is 230 g/mol. The van der Waals surface area contributed by atoms with Crippen molar-refractivity contribution in [2.24, 2.45) is 0 Å². The number of nitriles is 1. The van der Waals surface area contributed by atoms with Gasteiger partial charge in [0.05, 0.1) is 12.2 Å². The van der Waals surface area contributed by atoms with Gasteiger partial charge in [-0.3, -0.25) is 5.32 Å². The molecule has 0 amide bonds. The molecule has 1 N–H and O–H groups in total.